The predicted octanol–water partition coefficient (Wildman–Crippen LogP) is 5.20. The maximum Gasteiger partial charge on any atom is 0.176 e. The number of hydrogen-bond acceptors (Lipinski definition) is 2. The summed E-state index contributed by atoms with van der Waals surface area (Å²) >= 11 is 0. The van der Waals surface area contributed by atoms with Crippen LogP contribution in [0.3, 0.4) is 0 Å². The van der Waals surface area contributed by atoms with Crippen molar-refractivity contribution in [3.63, 3.8) is 0 Å². The minimum absolute atomic E-state index is 0.167. The lowest BCUT2D eigenvalue weighted by molar-refractivity contribution is -0.0694. The van der Waals surface area contributed by atoms with E-state index in [4.69, 9.17) is 10.9 Å². The highest BCUT2D eigenvalue weighted by Gasteiger charge is 2.64. The van der Waals surface area contributed by atoms with Crippen LogP contribution in [0.15, 0.2) is 16.3 Å². The molecule has 3 heteroatoms. The van der Waals surface area contributed by atoms with Gasteiger partial charge in [-0.25, -0.2) is 4.39 Å². The number of rotatable bonds is 0. The molecule has 0 aliphatic heterocycles. The monoisotopic (exact) mass is 339 g/mol. The molecule has 3 fully saturated rings. The van der Waals surface area contributed by atoms with Crippen molar-refractivity contribution in [1.82, 2.24) is 5.16 Å². The summed E-state index contributed by atoms with van der Waals surface area (Å²) in [4.78, 5) is 0. The normalized spacial score (nSPS) is 47.8. The predicted molar refractivity (Wildman–Crippen MR) is 95.2 cm³/mol. The van der Waals surface area contributed by atoms with Crippen molar-refractivity contribution in [2.45, 2.75) is 64.5 Å². The summed E-state index contributed by atoms with van der Waals surface area (Å²) in [6.45, 7) is 4.56. The Kier molecular flexibility index (Phi) is 3.00. The van der Waals surface area contributed by atoms with Crippen LogP contribution in [0.5, 0.6) is 0 Å². The molecule has 0 spiro atoms. The van der Waals surface area contributed by atoms with Crippen molar-refractivity contribution in [3.05, 3.63) is 23.1 Å². The average molecular weight is 339 g/mol. The molecule has 0 bridgehead atoms. The first-order valence-corrected chi connectivity index (χ1v) is 9.73. The number of aromatic nitrogens is 1. The summed E-state index contributed by atoms with van der Waals surface area (Å²) in [7, 11) is 0. The first kappa shape index (κ1) is 15.7. The second kappa shape index (κ2) is 4.78. The lowest BCUT2D eigenvalue weighted by Crippen LogP contribution is -2.53. The van der Waals surface area contributed by atoms with Crippen molar-refractivity contribution >= 4 is 6.08 Å². The molecular formula is C22H26FNO. The van der Waals surface area contributed by atoms with E-state index < -0.39 is 5.67 Å². The topological polar surface area (TPSA) is 26.0 Å². The molecule has 25 heavy (non-hydrogen) atoms. The van der Waals surface area contributed by atoms with Crippen LogP contribution in [0.1, 0.15) is 63.7 Å². The fraction of sp³-hybridized carbons (Fsp3) is 0.682. The fourth-order valence-electron chi connectivity index (χ4n) is 7.10. The van der Waals surface area contributed by atoms with Gasteiger partial charge >= 0.3 is 0 Å². The summed E-state index contributed by atoms with van der Waals surface area (Å²) in [5.41, 5.74) is 1.17. The molecule has 0 saturated heterocycles. The molecule has 4 aliphatic rings. The van der Waals surface area contributed by atoms with Crippen LogP contribution in [-0.4, -0.2) is 10.8 Å². The van der Waals surface area contributed by atoms with Crippen molar-refractivity contribution in [2.75, 3.05) is 0 Å². The van der Waals surface area contributed by atoms with Crippen LogP contribution >= 0.6 is 0 Å². The highest BCUT2D eigenvalue weighted by Crippen LogP contribution is 2.68. The molecule has 2 nitrogen and oxygen atoms in total. The molecule has 0 radical (unpaired) electrons. The van der Waals surface area contributed by atoms with Gasteiger partial charge < -0.3 is 4.52 Å². The van der Waals surface area contributed by atoms with E-state index >= 15 is 4.39 Å². The molecule has 4 aliphatic carbocycles. The second-order valence-corrected chi connectivity index (χ2v) is 9.33. The van der Waals surface area contributed by atoms with E-state index in [1.165, 1.54) is 11.1 Å². The second-order valence-electron chi connectivity index (χ2n) is 9.33. The number of fused-ring (bicyclic) bond motifs is 6. The molecule has 6 atom stereocenters. The van der Waals surface area contributed by atoms with Crippen LogP contribution in [0.2, 0.25) is 0 Å². The van der Waals surface area contributed by atoms with Gasteiger partial charge in [-0.1, -0.05) is 30.5 Å². The standard InChI is InChI=1S/C22H26FNO/c1-4-22(23)10-8-18-16-6-5-15-11-19-14(13-24-25-19)12-20(15,2)17(16)7-9-21(18,22)3/h1,11,13,16-18H,5-10,12H2,2-3H3/t16-,17+,18+,20+,21+,22+/m1/s1. The first-order valence-electron chi connectivity index (χ1n) is 9.73. The fourth-order valence-corrected chi connectivity index (χ4v) is 7.10. The molecule has 0 aromatic carbocycles. The van der Waals surface area contributed by atoms with Gasteiger partial charge in [-0.05, 0) is 74.2 Å². The highest BCUT2D eigenvalue weighted by atomic mass is 19.1. The number of hydrogen-bond donors (Lipinski definition) is 0. The minimum Gasteiger partial charge on any atom is -0.357 e. The van der Waals surface area contributed by atoms with Gasteiger partial charge in [-0.3, -0.25) is 0 Å². The molecule has 0 amide bonds. The Morgan fingerprint density at radius 3 is 2.84 bits per heavy atom. The summed E-state index contributed by atoms with van der Waals surface area (Å²) in [6.07, 6.45) is 16.5. The zero-order chi connectivity index (χ0) is 17.4. The van der Waals surface area contributed by atoms with Gasteiger partial charge in [0.1, 0.15) is 0 Å². The van der Waals surface area contributed by atoms with Crippen LogP contribution in [0.25, 0.3) is 6.08 Å². The smallest absolute Gasteiger partial charge is 0.176 e. The molecule has 5 rings (SSSR count). The van der Waals surface area contributed by atoms with E-state index in [1.807, 2.05) is 6.20 Å². The molecule has 0 unspecified atom stereocenters. The first-order chi connectivity index (χ1) is 11.9. The Labute approximate surface area is 149 Å². The maximum atomic E-state index is 15.4. The highest BCUT2D eigenvalue weighted by molar-refractivity contribution is 5.57. The van der Waals surface area contributed by atoms with Crippen LogP contribution in [0.4, 0.5) is 4.39 Å². The van der Waals surface area contributed by atoms with Gasteiger partial charge in [0.15, 0.2) is 11.4 Å². The molecule has 1 aromatic heterocycles. The van der Waals surface area contributed by atoms with Crippen molar-refractivity contribution in [3.8, 4) is 12.3 Å². The summed E-state index contributed by atoms with van der Waals surface area (Å²) in [5.74, 6) is 5.13. The summed E-state index contributed by atoms with van der Waals surface area (Å²) in [5, 5.41) is 4.00. The SMILES string of the molecule is C#C[C@]1(F)CC[C@H]2[C@@H]3CCC4=Cc5oncc5C[C@]4(C)[C@H]3CC[C@@]21C. The Balaban J connectivity index is 1.53. The van der Waals surface area contributed by atoms with E-state index in [9.17, 15) is 0 Å². The van der Waals surface area contributed by atoms with E-state index in [0.29, 0.717) is 24.2 Å². The van der Waals surface area contributed by atoms with Gasteiger partial charge in [0.2, 0.25) is 0 Å². The zero-order valence-corrected chi connectivity index (χ0v) is 15.1. The minimum atomic E-state index is -1.41. The summed E-state index contributed by atoms with van der Waals surface area (Å²) < 4.78 is 20.9. The van der Waals surface area contributed by atoms with E-state index in [-0.39, 0.29) is 10.8 Å². The number of allylic oxidation sites excluding steroid dienone is 1. The number of terminal acetylenes is 1. The van der Waals surface area contributed by atoms with Gasteiger partial charge in [0.05, 0.1) is 6.20 Å². The number of halogens is 1. The van der Waals surface area contributed by atoms with Crippen LogP contribution in [-0.2, 0) is 6.42 Å². The molecule has 1 heterocycles. The third-order valence-electron chi connectivity index (χ3n) is 8.60. The average Bonchev–Trinajstić information content (AvgIpc) is 3.14. The van der Waals surface area contributed by atoms with Gasteiger partial charge in [0.25, 0.3) is 0 Å². The molecule has 132 valence electrons. The van der Waals surface area contributed by atoms with E-state index in [2.05, 4.69) is 31.0 Å². The van der Waals surface area contributed by atoms with Gasteiger partial charge in [0, 0.05) is 11.0 Å². The van der Waals surface area contributed by atoms with Crippen LogP contribution in [0, 0.1) is 40.9 Å². The third kappa shape index (κ3) is 1.79. The van der Waals surface area contributed by atoms with E-state index in [0.717, 1.165) is 44.3 Å². The third-order valence-corrected chi connectivity index (χ3v) is 8.60. The summed E-state index contributed by atoms with van der Waals surface area (Å²) in [6, 6.07) is 0. The quantitative estimate of drug-likeness (QED) is 0.607. The molecule has 0 N–H and O–H groups in total. The van der Waals surface area contributed by atoms with E-state index in [1.54, 1.807) is 0 Å². The van der Waals surface area contributed by atoms with Crippen molar-refractivity contribution in [2.24, 2.45) is 28.6 Å². The zero-order valence-electron chi connectivity index (χ0n) is 15.1. The lowest BCUT2D eigenvalue weighted by Gasteiger charge is -2.58. The lowest BCUT2D eigenvalue weighted by atomic mass is 9.46. The Hall–Kier alpha value is -1.56. The Morgan fingerprint density at radius 1 is 1.24 bits per heavy atom. The number of nitrogens with zero attached hydrogens (tertiary/aromatic N) is 1. The van der Waals surface area contributed by atoms with Gasteiger partial charge in [-0.15, -0.1) is 6.42 Å². The Bertz CT molecular complexity index is 803. The van der Waals surface area contributed by atoms with Crippen molar-refractivity contribution in [1.29, 1.82) is 0 Å². The van der Waals surface area contributed by atoms with Crippen molar-refractivity contribution < 1.29 is 8.91 Å². The number of alkyl halides is 1. The van der Waals surface area contributed by atoms with Gasteiger partial charge in [-0.2, -0.15) is 0 Å². The molecule has 1 aromatic rings. The Morgan fingerprint density at radius 2 is 2.04 bits per heavy atom. The largest absolute Gasteiger partial charge is 0.357 e. The maximum absolute atomic E-state index is 15.4. The molecular weight excluding hydrogens is 313 g/mol. The van der Waals surface area contributed by atoms with Crippen LogP contribution < -0.4 is 0 Å². The molecule has 3 saturated carbocycles.